The molecule has 0 bridgehead atoms. The van der Waals surface area contributed by atoms with Crippen molar-refractivity contribution in [1.82, 2.24) is 0 Å². The van der Waals surface area contributed by atoms with Crippen molar-refractivity contribution in [2.75, 3.05) is 18.2 Å². The second kappa shape index (κ2) is 7.91. The molecule has 0 radical (unpaired) electrons. The first kappa shape index (κ1) is 14.9. The van der Waals surface area contributed by atoms with Crippen LogP contribution < -0.4 is 5.06 Å². The highest BCUT2D eigenvalue weighted by molar-refractivity contribution is 5.44. The van der Waals surface area contributed by atoms with Crippen LogP contribution in [-0.4, -0.2) is 13.2 Å². The van der Waals surface area contributed by atoms with Crippen LogP contribution in [0.25, 0.3) is 0 Å². The zero-order valence-corrected chi connectivity index (χ0v) is 12.6. The van der Waals surface area contributed by atoms with Crippen LogP contribution >= 0.6 is 0 Å². The second-order valence-electron chi connectivity index (χ2n) is 5.56. The molecule has 0 atom stereocenters. The van der Waals surface area contributed by atoms with Crippen molar-refractivity contribution in [1.29, 1.82) is 0 Å². The van der Waals surface area contributed by atoms with Gasteiger partial charge in [0.05, 0.1) is 18.8 Å². The highest BCUT2D eigenvalue weighted by atomic mass is 16.7. The first-order valence-electron chi connectivity index (χ1n) is 7.52. The average molecular weight is 271 g/mol. The normalized spacial score (nSPS) is 14.9. The highest BCUT2D eigenvalue weighted by Gasteiger charge is 2.12. The molecule has 2 heteroatoms. The van der Waals surface area contributed by atoms with E-state index in [1.54, 1.807) is 0 Å². The van der Waals surface area contributed by atoms with Gasteiger partial charge in [-0.1, -0.05) is 35.9 Å². The quantitative estimate of drug-likeness (QED) is 0.539. The molecule has 0 aliphatic carbocycles. The standard InChI is InChI=1S/C18H25NO/c1-16(2)9-5-3-6-10-17-13-14-19(20-15-17)18-11-7-4-8-12-18/h4,7-9,11-13H,3,5-6,10,14-15H2,1-2H3. The maximum Gasteiger partial charge on any atom is 0.0960 e. The van der Waals surface area contributed by atoms with E-state index in [0.717, 1.165) is 18.8 Å². The van der Waals surface area contributed by atoms with Crippen LogP contribution in [0.5, 0.6) is 0 Å². The fourth-order valence-electron chi connectivity index (χ4n) is 2.32. The minimum atomic E-state index is 0.734. The van der Waals surface area contributed by atoms with E-state index in [1.165, 1.54) is 36.8 Å². The number of unbranched alkanes of at least 4 members (excludes halogenated alkanes) is 2. The lowest BCUT2D eigenvalue weighted by molar-refractivity contribution is 0.123. The van der Waals surface area contributed by atoms with E-state index in [9.17, 15) is 0 Å². The third-order valence-electron chi connectivity index (χ3n) is 3.50. The highest BCUT2D eigenvalue weighted by Crippen LogP contribution is 2.20. The molecule has 0 fully saturated rings. The summed E-state index contributed by atoms with van der Waals surface area (Å²) in [4.78, 5) is 5.82. The van der Waals surface area contributed by atoms with Gasteiger partial charge < -0.3 is 0 Å². The monoisotopic (exact) mass is 271 g/mol. The molecule has 0 unspecified atom stereocenters. The van der Waals surface area contributed by atoms with E-state index in [4.69, 9.17) is 4.84 Å². The molecule has 1 aliphatic rings. The Morgan fingerprint density at radius 3 is 2.65 bits per heavy atom. The smallest absolute Gasteiger partial charge is 0.0960 e. The first-order chi connectivity index (χ1) is 9.75. The van der Waals surface area contributed by atoms with Crippen LogP contribution in [0, 0.1) is 0 Å². The van der Waals surface area contributed by atoms with Crippen LogP contribution in [0.3, 0.4) is 0 Å². The van der Waals surface area contributed by atoms with E-state index in [0.29, 0.717) is 0 Å². The van der Waals surface area contributed by atoms with E-state index >= 15 is 0 Å². The van der Waals surface area contributed by atoms with Gasteiger partial charge in [0.1, 0.15) is 0 Å². The van der Waals surface area contributed by atoms with Crippen molar-refractivity contribution < 1.29 is 4.84 Å². The van der Waals surface area contributed by atoms with Gasteiger partial charge in [-0.3, -0.25) is 9.90 Å². The summed E-state index contributed by atoms with van der Waals surface area (Å²) in [5.74, 6) is 0. The SMILES string of the molecule is CC(C)=CCCCCC1=CCN(c2ccccc2)OC1. The first-order valence-corrected chi connectivity index (χ1v) is 7.52. The van der Waals surface area contributed by atoms with Crippen molar-refractivity contribution in [2.24, 2.45) is 0 Å². The Morgan fingerprint density at radius 2 is 2.00 bits per heavy atom. The van der Waals surface area contributed by atoms with Crippen LogP contribution in [-0.2, 0) is 4.84 Å². The predicted molar refractivity (Wildman–Crippen MR) is 85.7 cm³/mol. The van der Waals surface area contributed by atoms with Crippen LogP contribution in [0.2, 0.25) is 0 Å². The summed E-state index contributed by atoms with van der Waals surface area (Å²) in [7, 11) is 0. The van der Waals surface area contributed by atoms with Crippen LogP contribution in [0.1, 0.15) is 39.5 Å². The lowest BCUT2D eigenvalue weighted by atomic mass is 10.1. The molecule has 1 aromatic carbocycles. The van der Waals surface area contributed by atoms with Gasteiger partial charge in [0, 0.05) is 0 Å². The molecule has 1 aromatic rings. The summed E-state index contributed by atoms with van der Waals surface area (Å²) in [6.45, 7) is 5.91. The number of nitrogens with zero attached hydrogens (tertiary/aromatic N) is 1. The zero-order valence-electron chi connectivity index (χ0n) is 12.6. The maximum atomic E-state index is 5.82. The van der Waals surface area contributed by atoms with Gasteiger partial charge in [-0.2, -0.15) is 0 Å². The van der Waals surface area contributed by atoms with Crippen molar-refractivity contribution in [3.8, 4) is 0 Å². The molecule has 0 aromatic heterocycles. The number of hydrogen-bond acceptors (Lipinski definition) is 2. The third-order valence-corrected chi connectivity index (χ3v) is 3.50. The minimum Gasteiger partial charge on any atom is -0.269 e. The Morgan fingerprint density at radius 1 is 1.20 bits per heavy atom. The molecular weight excluding hydrogens is 246 g/mol. The summed E-state index contributed by atoms with van der Waals surface area (Å²) in [5.41, 5.74) is 3.99. The Labute approximate surface area is 122 Å². The Hall–Kier alpha value is -1.54. The van der Waals surface area contributed by atoms with Crippen molar-refractivity contribution in [2.45, 2.75) is 39.5 Å². The average Bonchev–Trinajstić information content (AvgIpc) is 2.48. The predicted octanol–water partition coefficient (Wildman–Crippen LogP) is 4.89. The van der Waals surface area contributed by atoms with Gasteiger partial charge in [-0.15, -0.1) is 0 Å². The van der Waals surface area contributed by atoms with Gasteiger partial charge in [0.25, 0.3) is 0 Å². The number of anilines is 1. The summed E-state index contributed by atoms with van der Waals surface area (Å²) >= 11 is 0. The van der Waals surface area contributed by atoms with Crippen LogP contribution in [0.15, 0.2) is 53.6 Å². The van der Waals surface area contributed by atoms with Gasteiger partial charge in [0.2, 0.25) is 0 Å². The Kier molecular flexibility index (Phi) is 5.87. The topological polar surface area (TPSA) is 12.5 Å². The van der Waals surface area contributed by atoms with Crippen molar-refractivity contribution in [3.05, 3.63) is 53.6 Å². The number of para-hydroxylation sites is 1. The molecule has 0 spiro atoms. The summed E-state index contributed by atoms with van der Waals surface area (Å²) in [6.07, 6.45) is 9.53. The van der Waals surface area contributed by atoms with Gasteiger partial charge >= 0.3 is 0 Å². The lowest BCUT2D eigenvalue weighted by Gasteiger charge is -2.27. The number of rotatable bonds is 6. The van der Waals surface area contributed by atoms with E-state index in [1.807, 2.05) is 23.3 Å². The molecule has 0 saturated carbocycles. The molecule has 108 valence electrons. The van der Waals surface area contributed by atoms with Gasteiger partial charge in [-0.05, 0) is 57.2 Å². The fraction of sp³-hybridized carbons (Fsp3) is 0.444. The van der Waals surface area contributed by atoms with Crippen LogP contribution in [0.4, 0.5) is 5.69 Å². The molecule has 2 rings (SSSR count). The van der Waals surface area contributed by atoms with E-state index in [2.05, 4.69) is 38.1 Å². The number of benzene rings is 1. The molecular formula is C18H25NO. The lowest BCUT2D eigenvalue weighted by Crippen LogP contribution is -2.28. The van der Waals surface area contributed by atoms with Gasteiger partial charge in [-0.25, -0.2) is 0 Å². The zero-order chi connectivity index (χ0) is 14.2. The Bertz CT molecular complexity index is 458. The summed E-state index contributed by atoms with van der Waals surface area (Å²) in [5, 5.41) is 1.96. The van der Waals surface area contributed by atoms with E-state index in [-0.39, 0.29) is 0 Å². The molecule has 20 heavy (non-hydrogen) atoms. The summed E-state index contributed by atoms with van der Waals surface area (Å²) < 4.78 is 0. The number of allylic oxidation sites excluding steroid dienone is 2. The number of hydrogen-bond donors (Lipinski definition) is 0. The molecule has 0 saturated heterocycles. The fourth-order valence-corrected chi connectivity index (χ4v) is 2.32. The molecule has 2 nitrogen and oxygen atoms in total. The second-order valence-corrected chi connectivity index (χ2v) is 5.56. The Balaban J connectivity index is 1.72. The van der Waals surface area contributed by atoms with Gasteiger partial charge in [0.15, 0.2) is 0 Å². The summed E-state index contributed by atoms with van der Waals surface area (Å²) in [6, 6.07) is 10.3. The largest absolute Gasteiger partial charge is 0.269 e. The third kappa shape index (κ3) is 4.86. The maximum absolute atomic E-state index is 5.82. The minimum absolute atomic E-state index is 0.734. The number of hydroxylamine groups is 1. The molecule has 0 N–H and O–H groups in total. The van der Waals surface area contributed by atoms with Crippen molar-refractivity contribution >= 4 is 5.69 Å². The van der Waals surface area contributed by atoms with Crippen molar-refractivity contribution in [3.63, 3.8) is 0 Å². The van der Waals surface area contributed by atoms with E-state index < -0.39 is 0 Å². The molecule has 1 heterocycles. The molecule has 0 amide bonds. The molecule has 1 aliphatic heterocycles.